The zero-order chi connectivity index (χ0) is 14.2. The molecule has 2 rings (SSSR count). The summed E-state index contributed by atoms with van der Waals surface area (Å²) in [6.07, 6.45) is 0.222. The lowest BCUT2D eigenvalue weighted by Crippen LogP contribution is -2.43. The topological polar surface area (TPSA) is 57.6 Å². The molecule has 2 atom stereocenters. The van der Waals surface area contributed by atoms with Gasteiger partial charge in [-0.05, 0) is 12.5 Å². The lowest BCUT2D eigenvalue weighted by molar-refractivity contribution is -0.151. The van der Waals surface area contributed by atoms with Crippen molar-refractivity contribution in [3.8, 4) is 0 Å². The van der Waals surface area contributed by atoms with E-state index in [-0.39, 0.29) is 24.3 Å². The molecule has 4 nitrogen and oxygen atoms in total. The number of benzene rings is 1. The molecule has 0 saturated carbocycles. The average molecular weight is 269 g/mol. The highest BCUT2D eigenvalue weighted by molar-refractivity contribution is 5.81. The number of rotatable bonds is 2. The second-order valence-electron chi connectivity index (χ2n) is 4.58. The van der Waals surface area contributed by atoms with Crippen molar-refractivity contribution in [2.75, 3.05) is 7.05 Å². The number of carbonyl (C=O) groups excluding carboxylic acids is 1. The maximum absolute atomic E-state index is 13.8. The van der Waals surface area contributed by atoms with Crippen LogP contribution < -0.4 is 0 Å². The summed E-state index contributed by atoms with van der Waals surface area (Å²) in [5.41, 5.74) is -0.0945. The van der Waals surface area contributed by atoms with Gasteiger partial charge in [-0.25, -0.2) is 8.78 Å². The number of hydrogen-bond donors (Lipinski definition) is 1. The summed E-state index contributed by atoms with van der Waals surface area (Å²) in [7, 11) is 1.41. The van der Waals surface area contributed by atoms with E-state index in [9.17, 15) is 23.5 Å². The molecule has 0 spiro atoms. The lowest BCUT2D eigenvalue weighted by Gasteiger charge is -2.37. The molecule has 1 amide bonds. The van der Waals surface area contributed by atoms with E-state index in [0.717, 1.165) is 6.07 Å². The number of carboxylic acids is 1. The Hall–Kier alpha value is -1.98. The molecule has 0 bridgehead atoms. The largest absolute Gasteiger partial charge is 0.481 e. The quantitative estimate of drug-likeness (QED) is 0.892. The molecular weight excluding hydrogens is 256 g/mol. The first-order valence-corrected chi connectivity index (χ1v) is 5.86. The Morgan fingerprint density at radius 1 is 1.42 bits per heavy atom. The Morgan fingerprint density at radius 2 is 2.11 bits per heavy atom. The van der Waals surface area contributed by atoms with Crippen molar-refractivity contribution in [3.05, 3.63) is 35.4 Å². The third kappa shape index (κ3) is 2.30. The van der Waals surface area contributed by atoms with Gasteiger partial charge in [0.1, 0.15) is 0 Å². The van der Waals surface area contributed by atoms with E-state index in [2.05, 4.69) is 0 Å². The van der Waals surface area contributed by atoms with Crippen molar-refractivity contribution in [3.63, 3.8) is 0 Å². The van der Waals surface area contributed by atoms with Crippen LogP contribution in [0.2, 0.25) is 0 Å². The Morgan fingerprint density at radius 3 is 2.74 bits per heavy atom. The van der Waals surface area contributed by atoms with Crippen molar-refractivity contribution < 1.29 is 23.5 Å². The van der Waals surface area contributed by atoms with Crippen molar-refractivity contribution in [1.29, 1.82) is 0 Å². The summed E-state index contributed by atoms with van der Waals surface area (Å²) in [5, 5.41) is 9.18. The Labute approximate surface area is 108 Å². The number of carbonyl (C=O) groups is 2. The van der Waals surface area contributed by atoms with Crippen LogP contribution >= 0.6 is 0 Å². The van der Waals surface area contributed by atoms with Gasteiger partial charge in [0, 0.05) is 19.0 Å². The molecule has 1 N–H and O–H groups in total. The summed E-state index contributed by atoms with van der Waals surface area (Å²) in [6.45, 7) is 0. The average Bonchev–Trinajstić information content (AvgIpc) is 2.36. The highest BCUT2D eigenvalue weighted by Crippen LogP contribution is 2.37. The smallest absolute Gasteiger partial charge is 0.308 e. The number of hydrogen-bond acceptors (Lipinski definition) is 2. The number of halogens is 2. The van der Waals surface area contributed by atoms with Gasteiger partial charge in [-0.2, -0.15) is 0 Å². The summed E-state index contributed by atoms with van der Waals surface area (Å²) >= 11 is 0. The maximum atomic E-state index is 13.8. The first-order chi connectivity index (χ1) is 8.93. The van der Waals surface area contributed by atoms with Crippen LogP contribution in [-0.4, -0.2) is 28.9 Å². The van der Waals surface area contributed by atoms with E-state index in [1.807, 2.05) is 0 Å². The van der Waals surface area contributed by atoms with Crippen LogP contribution in [0.25, 0.3) is 0 Å². The van der Waals surface area contributed by atoms with Gasteiger partial charge in [0.15, 0.2) is 11.6 Å². The van der Waals surface area contributed by atoms with E-state index in [0.29, 0.717) is 0 Å². The zero-order valence-corrected chi connectivity index (χ0v) is 10.3. The molecule has 0 aliphatic carbocycles. The third-order valence-electron chi connectivity index (χ3n) is 3.48. The number of likely N-dealkylation sites (tertiary alicyclic amines) is 1. The van der Waals surface area contributed by atoms with Gasteiger partial charge in [-0.3, -0.25) is 9.59 Å². The van der Waals surface area contributed by atoms with Crippen LogP contribution in [-0.2, 0) is 9.59 Å². The molecule has 6 heteroatoms. The minimum atomic E-state index is -1.12. The van der Waals surface area contributed by atoms with Crippen LogP contribution in [0.15, 0.2) is 18.2 Å². The molecule has 1 saturated heterocycles. The number of amides is 1. The lowest BCUT2D eigenvalue weighted by atomic mass is 9.84. The van der Waals surface area contributed by atoms with Crippen LogP contribution in [0.5, 0.6) is 0 Å². The zero-order valence-electron chi connectivity index (χ0n) is 10.3. The standard InChI is InChI=1S/C13H13F2NO3/c1-16-10(17)6-5-8(13(18)19)12(16)7-3-2-4-9(14)11(7)15/h2-4,8,12H,5-6H2,1H3,(H,18,19). The normalized spacial score (nSPS) is 23.5. The fourth-order valence-corrected chi connectivity index (χ4v) is 2.47. The van der Waals surface area contributed by atoms with Gasteiger partial charge in [-0.1, -0.05) is 12.1 Å². The molecule has 1 fully saturated rings. The molecule has 102 valence electrons. The summed E-state index contributed by atoms with van der Waals surface area (Å²) in [6, 6.07) is 2.60. The van der Waals surface area contributed by atoms with Crippen molar-refractivity contribution in [2.45, 2.75) is 18.9 Å². The van der Waals surface area contributed by atoms with Crippen molar-refractivity contribution >= 4 is 11.9 Å². The molecule has 1 aliphatic heterocycles. The first kappa shape index (κ1) is 13.5. The number of piperidine rings is 1. The Bertz CT molecular complexity index is 533. The predicted molar refractivity (Wildman–Crippen MR) is 62.2 cm³/mol. The monoisotopic (exact) mass is 269 g/mol. The summed E-state index contributed by atoms with van der Waals surface area (Å²) < 4.78 is 27.1. The molecule has 1 aromatic carbocycles. The van der Waals surface area contributed by atoms with E-state index >= 15 is 0 Å². The maximum Gasteiger partial charge on any atom is 0.308 e. The van der Waals surface area contributed by atoms with Gasteiger partial charge in [0.05, 0.1) is 12.0 Å². The SMILES string of the molecule is CN1C(=O)CCC(C(=O)O)C1c1cccc(F)c1F. The molecule has 0 aromatic heterocycles. The summed E-state index contributed by atoms with van der Waals surface area (Å²) in [5.74, 6) is -4.47. The van der Waals surface area contributed by atoms with Gasteiger partial charge in [-0.15, -0.1) is 0 Å². The minimum absolute atomic E-state index is 0.0945. The molecule has 0 radical (unpaired) electrons. The predicted octanol–water partition coefficient (Wildman–Crippen LogP) is 1.96. The van der Waals surface area contributed by atoms with Gasteiger partial charge in [0.25, 0.3) is 0 Å². The highest BCUT2D eigenvalue weighted by atomic mass is 19.2. The number of aliphatic carboxylic acids is 1. The molecule has 1 aromatic rings. The third-order valence-corrected chi connectivity index (χ3v) is 3.48. The van der Waals surface area contributed by atoms with E-state index in [4.69, 9.17) is 0 Å². The Balaban J connectivity index is 2.50. The van der Waals surface area contributed by atoms with Crippen LogP contribution in [0.1, 0.15) is 24.4 Å². The second kappa shape index (κ2) is 4.95. The molecular formula is C13H13F2NO3. The molecule has 19 heavy (non-hydrogen) atoms. The van der Waals surface area contributed by atoms with E-state index in [1.165, 1.54) is 24.1 Å². The highest BCUT2D eigenvalue weighted by Gasteiger charge is 2.40. The van der Waals surface area contributed by atoms with Crippen LogP contribution in [0.4, 0.5) is 8.78 Å². The molecule has 1 aliphatic rings. The second-order valence-corrected chi connectivity index (χ2v) is 4.58. The van der Waals surface area contributed by atoms with E-state index in [1.54, 1.807) is 0 Å². The van der Waals surface area contributed by atoms with Gasteiger partial charge in [0.2, 0.25) is 5.91 Å². The van der Waals surface area contributed by atoms with Gasteiger partial charge >= 0.3 is 5.97 Å². The summed E-state index contributed by atoms with van der Waals surface area (Å²) in [4.78, 5) is 24.1. The molecule has 2 unspecified atom stereocenters. The fourth-order valence-electron chi connectivity index (χ4n) is 2.47. The molecule has 1 heterocycles. The number of carboxylic acid groups (broad SMARTS) is 1. The first-order valence-electron chi connectivity index (χ1n) is 5.86. The van der Waals surface area contributed by atoms with Crippen LogP contribution in [0, 0.1) is 17.6 Å². The fraction of sp³-hybridized carbons (Fsp3) is 0.385. The minimum Gasteiger partial charge on any atom is -0.481 e. The Kier molecular flexibility index (Phi) is 3.50. The van der Waals surface area contributed by atoms with E-state index < -0.39 is 29.6 Å². The number of nitrogens with zero attached hydrogens (tertiary/aromatic N) is 1. The van der Waals surface area contributed by atoms with Crippen molar-refractivity contribution in [1.82, 2.24) is 4.90 Å². The van der Waals surface area contributed by atoms with Crippen molar-refractivity contribution in [2.24, 2.45) is 5.92 Å². The van der Waals surface area contributed by atoms with Crippen LogP contribution in [0.3, 0.4) is 0 Å². The van der Waals surface area contributed by atoms with Gasteiger partial charge < -0.3 is 10.0 Å².